The van der Waals surface area contributed by atoms with Crippen LogP contribution < -0.4 is 10.6 Å². The quantitative estimate of drug-likeness (QED) is 0.827. The minimum absolute atomic E-state index is 0. The van der Waals surface area contributed by atoms with Gasteiger partial charge in [-0.1, -0.05) is 19.3 Å². The fourth-order valence-electron chi connectivity index (χ4n) is 3.08. The van der Waals surface area contributed by atoms with Crippen molar-refractivity contribution in [2.45, 2.75) is 51.4 Å². The lowest BCUT2D eigenvalue weighted by molar-refractivity contribution is -0.122. The lowest BCUT2D eigenvalue weighted by Gasteiger charge is -2.24. The summed E-state index contributed by atoms with van der Waals surface area (Å²) < 4.78 is 0. The molecule has 0 spiro atoms. The maximum atomic E-state index is 11.8. The van der Waals surface area contributed by atoms with Gasteiger partial charge in [0.25, 0.3) is 0 Å². The molecule has 1 aliphatic heterocycles. The molecule has 2 fully saturated rings. The van der Waals surface area contributed by atoms with Crippen LogP contribution in [-0.2, 0) is 4.79 Å². The zero-order chi connectivity index (χ0) is 11.9. The van der Waals surface area contributed by atoms with Crippen molar-refractivity contribution in [2.75, 3.05) is 19.6 Å². The summed E-state index contributed by atoms with van der Waals surface area (Å²) in [6, 6.07) is 0. The molecule has 0 aromatic rings. The monoisotopic (exact) mass is 274 g/mol. The predicted molar refractivity (Wildman–Crippen MR) is 77.0 cm³/mol. The van der Waals surface area contributed by atoms with E-state index < -0.39 is 0 Å². The first-order valence-corrected chi connectivity index (χ1v) is 7.32. The molecule has 1 atom stereocenters. The first-order valence-electron chi connectivity index (χ1n) is 7.32. The lowest BCUT2D eigenvalue weighted by Crippen LogP contribution is -2.38. The summed E-state index contributed by atoms with van der Waals surface area (Å²) in [5.74, 6) is 1.59. The molecule has 1 unspecified atom stereocenters. The largest absolute Gasteiger partial charge is 0.356 e. The van der Waals surface area contributed by atoms with Crippen molar-refractivity contribution in [3.05, 3.63) is 0 Å². The Morgan fingerprint density at radius 2 is 1.78 bits per heavy atom. The van der Waals surface area contributed by atoms with E-state index in [4.69, 9.17) is 0 Å². The van der Waals surface area contributed by atoms with Gasteiger partial charge in [-0.25, -0.2) is 0 Å². The van der Waals surface area contributed by atoms with Crippen LogP contribution in [0.4, 0.5) is 0 Å². The SMILES string of the molecule is Cl.O=C(CC1CCCCC1)NCC1CCCNC1. The third kappa shape index (κ3) is 5.57. The summed E-state index contributed by atoms with van der Waals surface area (Å²) in [4.78, 5) is 11.8. The van der Waals surface area contributed by atoms with E-state index in [0.717, 1.165) is 26.1 Å². The Kier molecular flexibility index (Phi) is 7.68. The van der Waals surface area contributed by atoms with Crippen molar-refractivity contribution >= 4 is 18.3 Å². The van der Waals surface area contributed by atoms with Crippen LogP contribution in [0.25, 0.3) is 0 Å². The van der Waals surface area contributed by atoms with Gasteiger partial charge in [0.05, 0.1) is 0 Å². The van der Waals surface area contributed by atoms with Crippen LogP contribution in [0.2, 0.25) is 0 Å². The van der Waals surface area contributed by atoms with E-state index in [1.54, 1.807) is 0 Å². The molecular weight excluding hydrogens is 248 g/mol. The molecule has 0 aromatic carbocycles. The number of hydrogen-bond acceptors (Lipinski definition) is 2. The van der Waals surface area contributed by atoms with Gasteiger partial charge in [0, 0.05) is 13.0 Å². The van der Waals surface area contributed by atoms with E-state index in [9.17, 15) is 4.79 Å². The smallest absolute Gasteiger partial charge is 0.220 e. The fourth-order valence-corrected chi connectivity index (χ4v) is 3.08. The highest BCUT2D eigenvalue weighted by Gasteiger charge is 2.18. The maximum absolute atomic E-state index is 11.8. The summed E-state index contributed by atoms with van der Waals surface area (Å²) in [7, 11) is 0. The van der Waals surface area contributed by atoms with E-state index in [-0.39, 0.29) is 18.3 Å². The molecule has 106 valence electrons. The van der Waals surface area contributed by atoms with Crippen molar-refractivity contribution in [1.29, 1.82) is 0 Å². The van der Waals surface area contributed by atoms with Gasteiger partial charge in [-0.2, -0.15) is 0 Å². The Bertz CT molecular complexity index is 236. The number of carbonyl (C=O) groups is 1. The molecule has 4 heteroatoms. The highest BCUT2D eigenvalue weighted by Crippen LogP contribution is 2.26. The zero-order valence-electron chi connectivity index (χ0n) is 11.2. The molecule has 2 aliphatic rings. The van der Waals surface area contributed by atoms with Gasteiger partial charge < -0.3 is 10.6 Å². The molecule has 0 aromatic heterocycles. The third-order valence-corrected chi connectivity index (χ3v) is 4.19. The first-order chi connectivity index (χ1) is 8.34. The molecule has 0 bridgehead atoms. The minimum Gasteiger partial charge on any atom is -0.356 e. The predicted octanol–water partition coefficient (Wildman–Crippen LogP) is 2.49. The molecule has 1 aliphatic carbocycles. The second-order valence-electron chi connectivity index (χ2n) is 5.72. The molecule has 2 N–H and O–H groups in total. The van der Waals surface area contributed by atoms with Crippen LogP contribution in [0.3, 0.4) is 0 Å². The number of hydrogen-bond donors (Lipinski definition) is 2. The molecule has 18 heavy (non-hydrogen) atoms. The zero-order valence-corrected chi connectivity index (χ0v) is 12.1. The number of halogens is 1. The summed E-state index contributed by atoms with van der Waals surface area (Å²) >= 11 is 0. The Morgan fingerprint density at radius 3 is 2.44 bits per heavy atom. The third-order valence-electron chi connectivity index (χ3n) is 4.19. The van der Waals surface area contributed by atoms with Crippen molar-refractivity contribution in [2.24, 2.45) is 11.8 Å². The van der Waals surface area contributed by atoms with Gasteiger partial charge in [0.2, 0.25) is 5.91 Å². The van der Waals surface area contributed by atoms with Crippen LogP contribution >= 0.6 is 12.4 Å². The molecule has 2 rings (SSSR count). The Morgan fingerprint density at radius 1 is 1.06 bits per heavy atom. The number of piperidine rings is 1. The molecule has 1 saturated heterocycles. The molecule has 1 heterocycles. The van der Waals surface area contributed by atoms with Gasteiger partial charge in [-0.15, -0.1) is 12.4 Å². The van der Waals surface area contributed by atoms with Crippen LogP contribution in [0.1, 0.15) is 51.4 Å². The van der Waals surface area contributed by atoms with E-state index in [0.29, 0.717) is 11.8 Å². The second-order valence-corrected chi connectivity index (χ2v) is 5.72. The van der Waals surface area contributed by atoms with Crippen LogP contribution in [0.15, 0.2) is 0 Å². The van der Waals surface area contributed by atoms with Crippen LogP contribution in [0, 0.1) is 11.8 Å². The van der Waals surface area contributed by atoms with E-state index in [1.807, 2.05) is 0 Å². The standard InChI is InChI=1S/C14H26N2O.ClH/c17-14(9-12-5-2-1-3-6-12)16-11-13-7-4-8-15-10-13;/h12-13,15H,1-11H2,(H,16,17);1H. The van der Waals surface area contributed by atoms with Crippen molar-refractivity contribution in [3.8, 4) is 0 Å². The molecule has 3 nitrogen and oxygen atoms in total. The average Bonchev–Trinajstić information content (AvgIpc) is 2.39. The highest BCUT2D eigenvalue weighted by atomic mass is 35.5. The van der Waals surface area contributed by atoms with Gasteiger partial charge in [0.1, 0.15) is 0 Å². The summed E-state index contributed by atoms with van der Waals surface area (Å²) in [5, 5.41) is 6.51. The summed E-state index contributed by atoms with van der Waals surface area (Å²) in [6.07, 6.45) is 9.82. The van der Waals surface area contributed by atoms with Crippen molar-refractivity contribution < 1.29 is 4.79 Å². The van der Waals surface area contributed by atoms with Gasteiger partial charge in [-0.3, -0.25) is 4.79 Å². The van der Waals surface area contributed by atoms with Crippen molar-refractivity contribution in [1.82, 2.24) is 10.6 Å². The van der Waals surface area contributed by atoms with Crippen molar-refractivity contribution in [3.63, 3.8) is 0 Å². The number of rotatable bonds is 4. The Hall–Kier alpha value is -0.280. The Balaban J connectivity index is 0.00000162. The fraction of sp³-hybridized carbons (Fsp3) is 0.929. The summed E-state index contributed by atoms with van der Waals surface area (Å²) in [5.41, 5.74) is 0. The number of carbonyl (C=O) groups excluding carboxylic acids is 1. The van der Waals surface area contributed by atoms with Gasteiger partial charge >= 0.3 is 0 Å². The van der Waals surface area contributed by atoms with Gasteiger partial charge in [0.15, 0.2) is 0 Å². The lowest BCUT2D eigenvalue weighted by atomic mass is 9.87. The maximum Gasteiger partial charge on any atom is 0.220 e. The normalized spacial score (nSPS) is 25.2. The Labute approximate surface area is 117 Å². The first kappa shape index (κ1) is 15.8. The van der Waals surface area contributed by atoms with E-state index >= 15 is 0 Å². The minimum atomic E-state index is 0. The molecule has 0 radical (unpaired) electrons. The second kappa shape index (κ2) is 8.76. The molecular formula is C14H27ClN2O. The molecule has 1 amide bonds. The van der Waals surface area contributed by atoms with Gasteiger partial charge in [-0.05, 0) is 50.6 Å². The summed E-state index contributed by atoms with van der Waals surface area (Å²) in [6.45, 7) is 3.09. The van der Waals surface area contributed by atoms with E-state index in [2.05, 4.69) is 10.6 Å². The van der Waals surface area contributed by atoms with Crippen LogP contribution in [0.5, 0.6) is 0 Å². The average molecular weight is 275 g/mol. The number of nitrogens with one attached hydrogen (secondary N) is 2. The number of amides is 1. The van der Waals surface area contributed by atoms with E-state index in [1.165, 1.54) is 44.9 Å². The molecule has 1 saturated carbocycles. The topological polar surface area (TPSA) is 41.1 Å². The highest BCUT2D eigenvalue weighted by molar-refractivity contribution is 5.85. The van der Waals surface area contributed by atoms with Crippen LogP contribution in [-0.4, -0.2) is 25.5 Å².